The number of halogens is 3. The van der Waals surface area contributed by atoms with E-state index in [1.165, 1.54) is 5.56 Å². The molecule has 0 spiro atoms. The molecule has 3 rings (SSSR count). The van der Waals surface area contributed by atoms with E-state index >= 15 is 0 Å². The molecule has 1 aromatic heterocycles. The summed E-state index contributed by atoms with van der Waals surface area (Å²) in [6.45, 7) is 5.43. The standard InChI is InChI=1S/C24H31F3N4O2/c1-4-28-22(32)16(2)19-9-7-17(8-10-19)5-6-18-11-12-31(13-18)21-20(25)23(30-15-29-21)33-14-24(3,26)27/h7-10,15-16,18H,4-6,11-14H2,1-3H3,(H,28,32)/t16?,18-/m1/s1. The van der Waals surface area contributed by atoms with Crippen LogP contribution in [0.5, 0.6) is 5.88 Å². The molecule has 9 heteroatoms. The van der Waals surface area contributed by atoms with Crippen molar-refractivity contribution < 1.29 is 22.7 Å². The number of hydrogen-bond acceptors (Lipinski definition) is 5. The number of amides is 1. The van der Waals surface area contributed by atoms with Crippen LogP contribution in [0.2, 0.25) is 0 Å². The van der Waals surface area contributed by atoms with Crippen LogP contribution in [0.15, 0.2) is 30.6 Å². The van der Waals surface area contributed by atoms with Gasteiger partial charge in [-0.15, -0.1) is 0 Å². The molecule has 33 heavy (non-hydrogen) atoms. The Kier molecular flexibility index (Phi) is 8.15. The molecule has 1 saturated heterocycles. The Hall–Kier alpha value is -2.84. The summed E-state index contributed by atoms with van der Waals surface area (Å²) in [6.07, 6.45) is 3.83. The second-order valence-electron chi connectivity index (χ2n) is 8.67. The minimum absolute atomic E-state index is 0.0187. The van der Waals surface area contributed by atoms with Gasteiger partial charge in [0.05, 0.1) is 5.92 Å². The number of benzene rings is 1. The van der Waals surface area contributed by atoms with Gasteiger partial charge in [0.2, 0.25) is 11.7 Å². The highest BCUT2D eigenvalue weighted by Gasteiger charge is 2.29. The number of carbonyl (C=O) groups is 1. The molecule has 6 nitrogen and oxygen atoms in total. The highest BCUT2D eigenvalue weighted by atomic mass is 19.3. The van der Waals surface area contributed by atoms with Crippen molar-refractivity contribution in [3.63, 3.8) is 0 Å². The van der Waals surface area contributed by atoms with E-state index in [2.05, 4.69) is 27.4 Å². The van der Waals surface area contributed by atoms with E-state index in [9.17, 15) is 18.0 Å². The molecule has 1 aromatic carbocycles. The van der Waals surface area contributed by atoms with Gasteiger partial charge in [-0.2, -0.15) is 9.37 Å². The number of aromatic nitrogens is 2. The number of nitrogens with zero attached hydrogens (tertiary/aromatic N) is 3. The fourth-order valence-corrected chi connectivity index (χ4v) is 3.94. The van der Waals surface area contributed by atoms with E-state index in [0.717, 1.165) is 31.2 Å². The van der Waals surface area contributed by atoms with Crippen LogP contribution in [0.3, 0.4) is 0 Å². The van der Waals surface area contributed by atoms with Crippen LogP contribution in [0.25, 0.3) is 0 Å². The quantitative estimate of drug-likeness (QED) is 0.566. The lowest BCUT2D eigenvalue weighted by atomic mass is 9.95. The van der Waals surface area contributed by atoms with Gasteiger partial charge in [0.25, 0.3) is 11.8 Å². The molecule has 2 heterocycles. The van der Waals surface area contributed by atoms with Crippen LogP contribution in [0.4, 0.5) is 19.0 Å². The minimum Gasteiger partial charge on any atom is -0.469 e. The average Bonchev–Trinajstić information content (AvgIpc) is 3.25. The molecule has 1 amide bonds. The maximum absolute atomic E-state index is 14.7. The van der Waals surface area contributed by atoms with Crippen LogP contribution in [-0.4, -0.2) is 48.0 Å². The Morgan fingerprint density at radius 1 is 1.30 bits per heavy atom. The number of rotatable bonds is 10. The van der Waals surface area contributed by atoms with Crippen molar-refractivity contribution in [2.45, 2.75) is 51.9 Å². The molecule has 2 atom stereocenters. The third-order valence-electron chi connectivity index (χ3n) is 5.85. The Morgan fingerprint density at radius 2 is 2.03 bits per heavy atom. The maximum Gasteiger partial charge on any atom is 0.278 e. The lowest BCUT2D eigenvalue weighted by Crippen LogP contribution is -2.27. The molecule has 2 aromatic rings. The molecule has 1 unspecified atom stereocenters. The largest absolute Gasteiger partial charge is 0.469 e. The van der Waals surface area contributed by atoms with Crippen molar-refractivity contribution in [3.8, 4) is 5.88 Å². The summed E-state index contributed by atoms with van der Waals surface area (Å²) in [6, 6.07) is 8.09. The number of ether oxygens (including phenoxy) is 1. The second-order valence-corrected chi connectivity index (χ2v) is 8.67. The van der Waals surface area contributed by atoms with Gasteiger partial charge in [-0.05, 0) is 50.2 Å². The van der Waals surface area contributed by atoms with Crippen LogP contribution in [0, 0.1) is 11.7 Å². The van der Waals surface area contributed by atoms with Crippen molar-refractivity contribution >= 4 is 11.7 Å². The molecule has 1 aliphatic rings. The van der Waals surface area contributed by atoms with Gasteiger partial charge in [0, 0.05) is 26.6 Å². The van der Waals surface area contributed by atoms with Crippen LogP contribution >= 0.6 is 0 Å². The van der Waals surface area contributed by atoms with Gasteiger partial charge in [-0.1, -0.05) is 24.3 Å². The van der Waals surface area contributed by atoms with E-state index < -0.39 is 24.2 Å². The number of hydrogen-bond donors (Lipinski definition) is 1. The van der Waals surface area contributed by atoms with Crippen LogP contribution in [-0.2, 0) is 11.2 Å². The number of alkyl halides is 2. The van der Waals surface area contributed by atoms with Gasteiger partial charge >= 0.3 is 0 Å². The first-order chi connectivity index (χ1) is 15.7. The summed E-state index contributed by atoms with van der Waals surface area (Å²) < 4.78 is 45.6. The number of likely N-dealkylation sites (N-methyl/N-ethyl adjacent to an activating group) is 1. The van der Waals surface area contributed by atoms with E-state index in [4.69, 9.17) is 4.74 Å². The van der Waals surface area contributed by atoms with Gasteiger partial charge in [0.15, 0.2) is 12.4 Å². The highest BCUT2D eigenvalue weighted by Crippen LogP contribution is 2.30. The summed E-state index contributed by atoms with van der Waals surface area (Å²) in [5.74, 6) is -4.06. The first-order valence-corrected chi connectivity index (χ1v) is 11.3. The van der Waals surface area contributed by atoms with E-state index in [1.54, 1.807) is 0 Å². The van der Waals surface area contributed by atoms with Gasteiger partial charge in [0.1, 0.15) is 6.33 Å². The van der Waals surface area contributed by atoms with E-state index in [0.29, 0.717) is 32.5 Å². The minimum atomic E-state index is -3.07. The zero-order valence-corrected chi connectivity index (χ0v) is 19.3. The normalized spacial score (nSPS) is 17.2. The van der Waals surface area contributed by atoms with Gasteiger partial charge in [-0.25, -0.2) is 13.8 Å². The van der Waals surface area contributed by atoms with Crippen molar-refractivity contribution in [1.82, 2.24) is 15.3 Å². The lowest BCUT2D eigenvalue weighted by molar-refractivity contribution is -0.122. The summed E-state index contributed by atoms with van der Waals surface area (Å²) in [4.78, 5) is 21.5. The molecule has 1 aliphatic heterocycles. The Morgan fingerprint density at radius 3 is 2.70 bits per heavy atom. The second kappa shape index (κ2) is 10.9. The van der Waals surface area contributed by atoms with Gasteiger partial charge in [-0.3, -0.25) is 4.79 Å². The van der Waals surface area contributed by atoms with Crippen LogP contribution < -0.4 is 15.0 Å². The predicted molar refractivity (Wildman–Crippen MR) is 120 cm³/mol. The monoisotopic (exact) mass is 464 g/mol. The molecule has 0 radical (unpaired) electrons. The Balaban J connectivity index is 1.53. The van der Waals surface area contributed by atoms with Crippen molar-refractivity contribution in [1.29, 1.82) is 0 Å². The van der Waals surface area contributed by atoms with Gasteiger partial charge < -0.3 is 15.0 Å². The van der Waals surface area contributed by atoms with Crippen molar-refractivity contribution in [2.24, 2.45) is 5.92 Å². The van der Waals surface area contributed by atoms with Crippen molar-refractivity contribution in [2.75, 3.05) is 31.1 Å². The average molecular weight is 465 g/mol. The topological polar surface area (TPSA) is 67.4 Å². The third-order valence-corrected chi connectivity index (χ3v) is 5.85. The highest BCUT2D eigenvalue weighted by molar-refractivity contribution is 5.83. The molecular formula is C24H31F3N4O2. The van der Waals surface area contributed by atoms with E-state index in [-0.39, 0.29) is 17.6 Å². The summed E-state index contributed by atoms with van der Waals surface area (Å²) in [5.41, 5.74) is 2.17. The maximum atomic E-state index is 14.7. The lowest BCUT2D eigenvalue weighted by Gasteiger charge is -2.19. The SMILES string of the molecule is CCNC(=O)C(C)c1ccc(CC[C@@H]2CCN(c3ncnc(OCC(C)(F)F)c3F)C2)cc1. The molecule has 0 aliphatic carbocycles. The number of nitrogens with one attached hydrogen (secondary N) is 1. The smallest absolute Gasteiger partial charge is 0.278 e. The molecule has 0 saturated carbocycles. The molecular weight excluding hydrogens is 433 g/mol. The first-order valence-electron chi connectivity index (χ1n) is 11.3. The molecule has 0 bridgehead atoms. The van der Waals surface area contributed by atoms with E-state index in [1.807, 2.05) is 30.9 Å². The molecule has 180 valence electrons. The summed E-state index contributed by atoms with van der Waals surface area (Å²) in [7, 11) is 0. The molecule has 1 N–H and O–H groups in total. The van der Waals surface area contributed by atoms with Crippen LogP contribution in [0.1, 0.15) is 50.7 Å². The fraction of sp³-hybridized carbons (Fsp3) is 0.542. The third kappa shape index (κ3) is 6.82. The zero-order valence-electron chi connectivity index (χ0n) is 19.3. The Bertz CT molecular complexity index is 934. The number of anilines is 1. The van der Waals surface area contributed by atoms with Crippen molar-refractivity contribution in [3.05, 3.63) is 47.5 Å². The Labute approximate surface area is 192 Å². The predicted octanol–water partition coefficient (Wildman–Crippen LogP) is 4.35. The fourth-order valence-electron chi connectivity index (χ4n) is 3.94. The first kappa shape index (κ1) is 24.8. The zero-order chi connectivity index (χ0) is 24.0. The number of aryl methyl sites for hydroxylation is 1. The summed E-state index contributed by atoms with van der Waals surface area (Å²) in [5, 5.41) is 2.84. The molecule has 1 fully saturated rings. The number of carbonyl (C=O) groups excluding carboxylic acids is 1. The summed E-state index contributed by atoms with van der Waals surface area (Å²) >= 11 is 0.